The number of ether oxygens (including phenoxy) is 3. The Morgan fingerprint density at radius 3 is 2.70 bits per heavy atom. The number of thioether (sulfide) groups is 1. The molecule has 6 nitrogen and oxygen atoms in total. The molecule has 0 radical (unpaired) electrons. The number of nitrogens with zero attached hydrogens (tertiary/aromatic N) is 1. The average Bonchev–Trinajstić information content (AvgIpc) is 3.20. The van der Waals surface area contributed by atoms with Crippen molar-refractivity contribution >= 4 is 17.7 Å². The summed E-state index contributed by atoms with van der Waals surface area (Å²) < 4.78 is 54.8. The van der Waals surface area contributed by atoms with Gasteiger partial charge in [-0.05, 0) is 42.7 Å². The average molecular weight is 440 g/mol. The predicted molar refractivity (Wildman–Crippen MR) is 103 cm³/mol. The fourth-order valence-electron chi connectivity index (χ4n) is 3.66. The number of benzene rings is 1. The Bertz CT molecular complexity index is 933. The van der Waals surface area contributed by atoms with E-state index in [0.29, 0.717) is 37.6 Å². The molecule has 30 heavy (non-hydrogen) atoms. The zero-order valence-corrected chi connectivity index (χ0v) is 16.6. The quantitative estimate of drug-likeness (QED) is 0.712. The van der Waals surface area contributed by atoms with Crippen LogP contribution in [0.2, 0.25) is 0 Å². The number of nitrogens with one attached hydrogen (secondary N) is 1. The van der Waals surface area contributed by atoms with Gasteiger partial charge in [0.2, 0.25) is 6.79 Å². The first kappa shape index (κ1) is 20.8. The van der Waals surface area contributed by atoms with E-state index in [-0.39, 0.29) is 23.9 Å². The standard InChI is InChI=1S/C20H19F3N2O4S/c21-20(22,23)30-18-14(2-1-7-24-18)17(26)25-11-19(5-8-27-9-6-19)13-3-4-15-16(10-13)29-12-28-15/h1-4,7,10H,5-6,8-9,11-12H2,(H,25,26). The van der Waals surface area contributed by atoms with Gasteiger partial charge in [-0.1, -0.05) is 6.07 Å². The number of hydrogen-bond acceptors (Lipinski definition) is 6. The maximum Gasteiger partial charge on any atom is 0.447 e. The summed E-state index contributed by atoms with van der Waals surface area (Å²) in [7, 11) is 0. The molecule has 2 aliphatic heterocycles. The van der Waals surface area contributed by atoms with Crippen LogP contribution < -0.4 is 14.8 Å². The summed E-state index contributed by atoms with van der Waals surface area (Å²) in [6.45, 7) is 1.45. The zero-order valence-electron chi connectivity index (χ0n) is 15.8. The first-order chi connectivity index (χ1) is 14.4. The molecule has 2 aromatic rings. The molecule has 0 bridgehead atoms. The van der Waals surface area contributed by atoms with Crippen molar-refractivity contribution in [3.05, 3.63) is 47.7 Å². The van der Waals surface area contributed by atoms with Gasteiger partial charge in [0.1, 0.15) is 5.03 Å². The minimum absolute atomic E-state index is 0.104. The zero-order chi connectivity index (χ0) is 21.2. The van der Waals surface area contributed by atoms with Crippen molar-refractivity contribution in [2.24, 2.45) is 0 Å². The largest absolute Gasteiger partial charge is 0.454 e. The van der Waals surface area contributed by atoms with Crippen LogP contribution in [0.5, 0.6) is 11.5 Å². The van der Waals surface area contributed by atoms with Gasteiger partial charge in [-0.15, -0.1) is 0 Å². The Hall–Kier alpha value is -2.46. The summed E-state index contributed by atoms with van der Waals surface area (Å²) >= 11 is -0.396. The van der Waals surface area contributed by atoms with Crippen LogP contribution in [0.4, 0.5) is 13.2 Å². The summed E-state index contributed by atoms with van der Waals surface area (Å²) in [4.78, 5) is 16.5. The third-order valence-electron chi connectivity index (χ3n) is 5.25. The number of amides is 1. The van der Waals surface area contributed by atoms with Crippen LogP contribution in [0.25, 0.3) is 0 Å². The van der Waals surface area contributed by atoms with E-state index in [1.165, 1.54) is 18.3 Å². The highest BCUT2D eigenvalue weighted by molar-refractivity contribution is 8.00. The highest BCUT2D eigenvalue weighted by Gasteiger charge is 2.37. The van der Waals surface area contributed by atoms with E-state index in [2.05, 4.69) is 10.3 Å². The van der Waals surface area contributed by atoms with Gasteiger partial charge >= 0.3 is 5.51 Å². The molecule has 1 fully saturated rings. The van der Waals surface area contributed by atoms with Crippen LogP contribution in [0.3, 0.4) is 0 Å². The number of pyridine rings is 1. The fourth-order valence-corrected chi connectivity index (χ4v) is 4.26. The van der Waals surface area contributed by atoms with Crippen LogP contribution >= 0.6 is 11.8 Å². The normalized spacial score (nSPS) is 17.6. The van der Waals surface area contributed by atoms with Crippen molar-refractivity contribution in [2.45, 2.75) is 28.8 Å². The number of hydrogen-bond donors (Lipinski definition) is 1. The Morgan fingerprint density at radius 1 is 1.17 bits per heavy atom. The minimum atomic E-state index is -4.53. The topological polar surface area (TPSA) is 69.7 Å². The molecular formula is C20H19F3N2O4S. The molecule has 1 amide bonds. The SMILES string of the molecule is O=C(NCC1(c2ccc3c(c2)OCO3)CCOCC1)c1cccnc1SC(F)(F)F. The third-order valence-corrected chi connectivity index (χ3v) is 6.00. The molecular weight excluding hydrogens is 421 g/mol. The second-order valence-corrected chi connectivity index (χ2v) is 8.10. The molecule has 0 saturated carbocycles. The summed E-state index contributed by atoms with van der Waals surface area (Å²) in [5.74, 6) is 0.705. The molecule has 160 valence electrons. The number of alkyl halides is 3. The van der Waals surface area contributed by atoms with Crippen molar-refractivity contribution in [1.29, 1.82) is 0 Å². The fraction of sp³-hybridized carbons (Fsp3) is 0.400. The van der Waals surface area contributed by atoms with Gasteiger partial charge in [-0.2, -0.15) is 13.2 Å². The van der Waals surface area contributed by atoms with Crippen LogP contribution in [-0.2, 0) is 10.2 Å². The van der Waals surface area contributed by atoms with E-state index in [0.717, 1.165) is 5.56 Å². The number of halogens is 3. The number of fused-ring (bicyclic) bond motifs is 1. The van der Waals surface area contributed by atoms with E-state index in [4.69, 9.17) is 14.2 Å². The molecule has 0 atom stereocenters. The second kappa shape index (κ2) is 8.35. The number of aromatic nitrogens is 1. The molecule has 0 spiro atoms. The Kier molecular flexibility index (Phi) is 5.79. The summed E-state index contributed by atoms with van der Waals surface area (Å²) in [6, 6.07) is 8.44. The number of rotatable bonds is 5. The highest BCUT2D eigenvalue weighted by atomic mass is 32.2. The summed E-state index contributed by atoms with van der Waals surface area (Å²) in [5, 5.41) is 2.45. The first-order valence-corrected chi connectivity index (χ1v) is 10.1. The molecule has 1 aromatic heterocycles. The van der Waals surface area contributed by atoms with Crippen molar-refractivity contribution in [3.63, 3.8) is 0 Å². The van der Waals surface area contributed by atoms with Crippen LogP contribution in [-0.4, -0.2) is 43.0 Å². The lowest BCUT2D eigenvalue weighted by atomic mass is 9.74. The van der Waals surface area contributed by atoms with Gasteiger partial charge in [-0.25, -0.2) is 4.98 Å². The molecule has 10 heteroatoms. The van der Waals surface area contributed by atoms with E-state index in [1.807, 2.05) is 18.2 Å². The molecule has 4 rings (SSSR count). The monoisotopic (exact) mass is 440 g/mol. The van der Waals surface area contributed by atoms with Crippen LogP contribution in [0.15, 0.2) is 41.6 Å². The molecule has 2 aliphatic rings. The van der Waals surface area contributed by atoms with Crippen molar-refractivity contribution in [1.82, 2.24) is 10.3 Å². The number of carbonyl (C=O) groups excluding carboxylic acids is 1. The molecule has 0 unspecified atom stereocenters. The smallest absolute Gasteiger partial charge is 0.447 e. The van der Waals surface area contributed by atoms with E-state index < -0.39 is 28.6 Å². The van der Waals surface area contributed by atoms with Crippen LogP contribution in [0.1, 0.15) is 28.8 Å². The molecule has 3 heterocycles. The van der Waals surface area contributed by atoms with Crippen molar-refractivity contribution in [2.75, 3.05) is 26.6 Å². The lowest BCUT2D eigenvalue weighted by molar-refractivity contribution is -0.0329. The molecule has 0 aliphatic carbocycles. The van der Waals surface area contributed by atoms with Gasteiger partial charge in [-0.3, -0.25) is 4.79 Å². The predicted octanol–water partition coefficient (Wildman–Crippen LogP) is 3.90. The van der Waals surface area contributed by atoms with Crippen molar-refractivity contribution < 1.29 is 32.2 Å². The van der Waals surface area contributed by atoms with Gasteiger partial charge in [0.05, 0.1) is 5.56 Å². The summed E-state index contributed by atoms with van der Waals surface area (Å²) in [6.07, 6.45) is 2.55. The Morgan fingerprint density at radius 2 is 1.93 bits per heavy atom. The minimum Gasteiger partial charge on any atom is -0.454 e. The van der Waals surface area contributed by atoms with E-state index >= 15 is 0 Å². The van der Waals surface area contributed by atoms with Crippen molar-refractivity contribution in [3.8, 4) is 11.5 Å². The van der Waals surface area contributed by atoms with Gasteiger partial charge in [0, 0.05) is 43.1 Å². The van der Waals surface area contributed by atoms with Gasteiger partial charge < -0.3 is 19.5 Å². The maximum absolute atomic E-state index is 12.8. The number of carbonyl (C=O) groups is 1. The van der Waals surface area contributed by atoms with Crippen LogP contribution in [0, 0.1) is 0 Å². The Balaban J connectivity index is 1.55. The lowest BCUT2D eigenvalue weighted by Crippen LogP contribution is -2.44. The molecule has 1 saturated heterocycles. The molecule has 1 N–H and O–H groups in total. The maximum atomic E-state index is 12.8. The van der Waals surface area contributed by atoms with E-state index in [1.54, 1.807) is 0 Å². The second-order valence-electron chi connectivity index (χ2n) is 7.05. The van der Waals surface area contributed by atoms with E-state index in [9.17, 15) is 18.0 Å². The molecule has 1 aromatic carbocycles. The van der Waals surface area contributed by atoms with Gasteiger partial charge in [0.25, 0.3) is 5.91 Å². The first-order valence-electron chi connectivity index (χ1n) is 9.33. The third kappa shape index (κ3) is 4.49. The highest BCUT2D eigenvalue weighted by Crippen LogP contribution is 2.41. The Labute approximate surface area is 175 Å². The lowest BCUT2D eigenvalue weighted by Gasteiger charge is -2.38. The van der Waals surface area contributed by atoms with Gasteiger partial charge in [0.15, 0.2) is 11.5 Å². The summed E-state index contributed by atoms with van der Waals surface area (Å²) in [5.41, 5.74) is -4.09.